The first-order chi connectivity index (χ1) is 8.22. The van der Waals surface area contributed by atoms with Gasteiger partial charge >= 0.3 is 0 Å². The fraction of sp³-hybridized carbons (Fsp3) is 0.769. The van der Waals surface area contributed by atoms with E-state index in [1.807, 2.05) is 0 Å². The lowest BCUT2D eigenvalue weighted by Crippen LogP contribution is -2.23. The van der Waals surface area contributed by atoms with E-state index in [1.54, 1.807) is 11.3 Å². The quantitative estimate of drug-likeness (QED) is 0.900. The highest BCUT2D eigenvalue weighted by atomic mass is 32.1. The summed E-state index contributed by atoms with van der Waals surface area (Å²) in [5.74, 6) is 0.397. The van der Waals surface area contributed by atoms with Crippen LogP contribution in [0.2, 0.25) is 0 Å². The minimum Gasteiger partial charge on any atom is -0.391 e. The molecular formula is C13H22N2OS. The molecule has 0 aliphatic carbocycles. The lowest BCUT2D eigenvalue weighted by Gasteiger charge is -2.18. The molecule has 0 aromatic carbocycles. The number of hydrogen-bond acceptors (Lipinski definition) is 4. The Labute approximate surface area is 107 Å². The number of nitrogens with zero attached hydrogens (tertiary/aromatic N) is 2. The number of aliphatic hydroxyl groups is 1. The van der Waals surface area contributed by atoms with Crippen molar-refractivity contribution in [3.8, 4) is 0 Å². The third-order valence-electron chi connectivity index (χ3n) is 3.28. The first-order valence-corrected chi connectivity index (χ1v) is 7.39. The largest absolute Gasteiger partial charge is 0.391 e. The van der Waals surface area contributed by atoms with Crippen LogP contribution in [0.5, 0.6) is 0 Å². The molecular weight excluding hydrogens is 232 g/mol. The van der Waals surface area contributed by atoms with Crippen LogP contribution in [0.3, 0.4) is 0 Å². The molecule has 2 rings (SSSR count). The maximum Gasteiger partial charge on any atom is 0.185 e. The van der Waals surface area contributed by atoms with E-state index in [1.165, 1.54) is 25.7 Å². The van der Waals surface area contributed by atoms with Gasteiger partial charge in [0.25, 0.3) is 0 Å². The second-order valence-corrected chi connectivity index (χ2v) is 6.08. The van der Waals surface area contributed by atoms with Gasteiger partial charge in [0.15, 0.2) is 5.13 Å². The second kappa shape index (κ2) is 5.83. The Morgan fingerprint density at radius 3 is 2.35 bits per heavy atom. The van der Waals surface area contributed by atoms with Gasteiger partial charge in [0, 0.05) is 13.1 Å². The lowest BCUT2D eigenvalue weighted by molar-refractivity contribution is 0.283. The molecule has 1 aromatic rings. The number of hydrogen-bond donors (Lipinski definition) is 1. The number of aliphatic hydroxyl groups excluding tert-OH is 1. The summed E-state index contributed by atoms with van der Waals surface area (Å²) in [6.07, 6.45) is 5.22. The van der Waals surface area contributed by atoms with Crippen LogP contribution in [-0.4, -0.2) is 23.2 Å². The molecule has 2 heterocycles. The van der Waals surface area contributed by atoms with Gasteiger partial charge in [-0.25, -0.2) is 4.98 Å². The van der Waals surface area contributed by atoms with Crippen molar-refractivity contribution in [1.82, 2.24) is 4.98 Å². The van der Waals surface area contributed by atoms with E-state index in [0.717, 1.165) is 28.8 Å². The average molecular weight is 254 g/mol. The zero-order chi connectivity index (χ0) is 12.3. The molecule has 96 valence electrons. The van der Waals surface area contributed by atoms with Gasteiger partial charge < -0.3 is 10.0 Å². The first kappa shape index (κ1) is 12.8. The Morgan fingerprint density at radius 2 is 1.88 bits per heavy atom. The van der Waals surface area contributed by atoms with Gasteiger partial charge in [0.2, 0.25) is 0 Å². The third-order valence-corrected chi connectivity index (χ3v) is 4.40. The molecule has 0 atom stereocenters. The molecule has 0 radical (unpaired) electrons. The molecule has 0 amide bonds. The summed E-state index contributed by atoms with van der Waals surface area (Å²) >= 11 is 1.67. The molecule has 0 spiro atoms. The number of anilines is 1. The van der Waals surface area contributed by atoms with Crippen LogP contribution >= 0.6 is 11.3 Å². The van der Waals surface area contributed by atoms with Gasteiger partial charge in [-0.15, -0.1) is 0 Å². The standard InChI is InChI=1S/C13H22N2OS/c1-10(2)12-11(9-16)17-13(14-12)15-7-5-3-4-6-8-15/h10,16H,3-9H2,1-2H3. The van der Waals surface area contributed by atoms with Gasteiger partial charge in [0.1, 0.15) is 0 Å². The Morgan fingerprint density at radius 1 is 1.24 bits per heavy atom. The van der Waals surface area contributed by atoms with Crippen LogP contribution in [0.1, 0.15) is 56.0 Å². The number of rotatable bonds is 3. The van der Waals surface area contributed by atoms with Crippen molar-refractivity contribution >= 4 is 16.5 Å². The third kappa shape index (κ3) is 2.99. The molecule has 0 saturated carbocycles. The smallest absolute Gasteiger partial charge is 0.185 e. The first-order valence-electron chi connectivity index (χ1n) is 6.57. The molecule has 1 aliphatic heterocycles. The molecule has 0 unspecified atom stereocenters. The van der Waals surface area contributed by atoms with Gasteiger partial charge in [-0.3, -0.25) is 0 Å². The van der Waals surface area contributed by atoms with Crippen LogP contribution in [0.4, 0.5) is 5.13 Å². The van der Waals surface area contributed by atoms with Crippen LogP contribution in [0.15, 0.2) is 0 Å². The second-order valence-electron chi connectivity index (χ2n) is 5.02. The predicted octanol–water partition coefficient (Wildman–Crippen LogP) is 3.14. The zero-order valence-corrected chi connectivity index (χ0v) is 11.6. The van der Waals surface area contributed by atoms with E-state index in [2.05, 4.69) is 18.7 Å². The van der Waals surface area contributed by atoms with E-state index in [-0.39, 0.29) is 6.61 Å². The normalized spacial score (nSPS) is 17.5. The molecule has 0 bridgehead atoms. The summed E-state index contributed by atoms with van der Waals surface area (Å²) in [5, 5.41) is 10.5. The number of aromatic nitrogens is 1. The van der Waals surface area contributed by atoms with E-state index in [0.29, 0.717) is 5.92 Å². The molecule has 1 aliphatic rings. The maximum absolute atomic E-state index is 9.39. The van der Waals surface area contributed by atoms with Crippen molar-refractivity contribution in [3.63, 3.8) is 0 Å². The van der Waals surface area contributed by atoms with Gasteiger partial charge in [-0.05, 0) is 18.8 Å². The molecule has 1 aromatic heterocycles. The van der Waals surface area contributed by atoms with Crippen LogP contribution < -0.4 is 4.90 Å². The van der Waals surface area contributed by atoms with E-state index < -0.39 is 0 Å². The Bertz CT molecular complexity index is 354. The minimum absolute atomic E-state index is 0.124. The molecule has 1 N–H and O–H groups in total. The van der Waals surface area contributed by atoms with E-state index in [4.69, 9.17) is 4.98 Å². The summed E-state index contributed by atoms with van der Waals surface area (Å²) in [6.45, 7) is 6.64. The van der Waals surface area contributed by atoms with Gasteiger partial charge in [-0.1, -0.05) is 38.0 Å². The Balaban J connectivity index is 2.19. The average Bonchev–Trinajstić information content (AvgIpc) is 2.57. The van der Waals surface area contributed by atoms with Crippen molar-refractivity contribution < 1.29 is 5.11 Å². The van der Waals surface area contributed by atoms with E-state index in [9.17, 15) is 5.11 Å². The van der Waals surface area contributed by atoms with Crippen molar-refractivity contribution in [3.05, 3.63) is 10.6 Å². The topological polar surface area (TPSA) is 36.4 Å². The zero-order valence-electron chi connectivity index (χ0n) is 10.8. The van der Waals surface area contributed by atoms with Gasteiger partial charge in [-0.2, -0.15) is 0 Å². The highest BCUT2D eigenvalue weighted by Gasteiger charge is 2.18. The molecule has 4 heteroatoms. The summed E-state index contributed by atoms with van der Waals surface area (Å²) in [5.41, 5.74) is 1.08. The predicted molar refractivity (Wildman–Crippen MR) is 72.8 cm³/mol. The molecule has 1 fully saturated rings. The van der Waals surface area contributed by atoms with Crippen molar-refractivity contribution in [2.24, 2.45) is 0 Å². The van der Waals surface area contributed by atoms with Crippen molar-refractivity contribution in [2.45, 2.75) is 52.1 Å². The van der Waals surface area contributed by atoms with Gasteiger partial charge in [0.05, 0.1) is 17.2 Å². The lowest BCUT2D eigenvalue weighted by atomic mass is 10.1. The highest BCUT2D eigenvalue weighted by molar-refractivity contribution is 7.15. The maximum atomic E-state index is 9.39. The van der Waals surface area contributed by atoms with Crippen LogP contribution in [0.25, 0.3) is 0 Å². The summed E-state index contributed by atoms with van der Waals surface area (Å²) in [6, 6.07) is 0. The summed E-state index contributed by atoms with van der Waals surface area (Å²) in [4.78, 5) is 8.16. The van der Waals surface area contributed by atoms with Crippen LogP contribution in [0, 0.1) is 0 Å². The van der Waals surface area contributed by atoms with Crippen LogP contribution in [-0.2, 0) is 6.61 Å². The fourth-order valence-electron chi connectivity index (χ4n) is 2.31. The highest BCUT2D eigenvalue weighted by Crippen LogP contribution is 2.31. The van der Waals surface area contributed by atoms with Crippen molar-refractivity contribution in [2.75, 3.05) is 18.0 Å². The molecule has 17 heavy (non-hydrogen) atoms. The SMILES string of the molecule is CC(C)c1nc(N2CCCCCC2)sc1CO. The molecule has 3 nitrogen and oxygen atoms in total. The summed E-state index contributed by atoms with van der Waals surface area (Å²) in [7, 11) is 0. The number of thiazole rings is 1. The Hall–Kier alpha value is -0.610. The summed E-state index contributed by atoms with van der Waals surface area (Å²) < 4.78 is 0. The van der Waals surface area contributed by atoms with Crippen molar-refractivity contribution in [1.29, 1.82) is 0 Å². The Kier molecular flexibility index (Phi) is 4.40. The fourth-order valence-corrected chi connectivity index (χ4v) is 3.44. The van der Waals surface area contributed by atoms with E-state index >= 15 is 0 Å². The molecule has 1 saturated heterocycles. The monoisotopic (exact) mass is 254 g/mol. The minimum atomic E-state index is 0.124.